The SMILES string of the molecule is C(c1ccccc1)=c1sc(=Cc2ccccc2)[n+](=Cc2ccccc2)c1=Cc1ccccc1. The third-order valence-electron chi connectivity index (χ3n) is 5.33. The Bertz CT molecular complexity index is 1450. The summed E-state index contributed by atoms with van der Waals surface area (Å²) in [6.45, 7) is 0. The van der Waals surface area contributed by atoms with E-state index in [1.54, 1.807) is 11.3 Å². The van der Waals surface area contributed by atoms with Crippen LogP contribution in [0.3, 0.4) is 0 Å². The molecule has 0 radical (unpaired) electrons. The molecule has 0 unspecified atom stereocenters. The van der Waals surface area contributed by atoms with Crippen molar-refractivity contribution in [3.05, 3.63) is 164 Å². The third kappa shape index (κ3) is 5.25. The highest BCUT2D eigenvalue weighted by Gasteiger charge is 2.08. The summed E-state index contributed by atoms with van der Waals surface area (Å²) in [4.78, 5) is 0. The first-order valence-corrected chi connectivity index (χ1v) is 11.8. The summed E-state index contributed by atoms with van der Waals surface area (Å²) in [6.07, 6.45) is 9.03. The Kier molecular flexibility index (Phi) is 6.37. The smallest absolute Gasteiger partial charge is 0.149 e. The molecule has 4 aromatic carbocycles. The van der Waals surface area contributed by atoms with Gasteiger partial charge in [-0.3, -0.25) is 0 Å². The average Bonchev–Trinajstić information content (AvgIpc) is 3.17. The van der Waals surface area contributed by atoms with E-state index in [0.717, 1.165) is 5.56 Å². The zero-order valence-corrected chi connectivity index (χ0v) is 19.0. The fourth-order valence-corrected chi connectivity index (χ4v) is 4.84. The van der Waals surface area contributed by atoms with E-state index < -0.39 is 0 Å². The first kappa shape index (κ1) is 20.9. The number of nitrogens with zero attached hydrogens (tertiary/aromatic N) is 1. The molecule has 0 saturated heterocycles. The van der Waals surface area contributed by atoms with Crippen LogP contribution in [0.15, 0.2) is 121 Å². The number of thiazole rings is 1. The molecule has 1 nitrogen and oxygen atoms in total. The zero-order chi connectivity index (χ0) is 22.3. The van der Waals surface area contributed by atoms with Crippen molar-refractivity contribution in [3.8, 4) is 0 Å². The predicted octanol–water partition coefficient (Wildman–Crippen LogP) is 4.58. The molecule has 0 fully saturated rings. The lowest BCUT2D eigenvalue weighted by Gasteiger charge is -1.90. The summed E-state index contributed by atoms with van der Waals surface area (Å²) < 4.78 is 4.71. The van der Waals surface area contributed by atoms with Gasteiger partial charge in [-0.15, -0.1) is 4.24 Å². The maximum atomic E-state index is 2.31. The Hall–Kier alpha value is -4.01. The second kappa shape index (κ2) is 10.1. The summed E-state index contributed by atoms with van der Waals surface area (Å²) in [7, 11) is 0. The van der Waals surface area contributed by atoms with Crippen molar-refractivity contribution >= 4 is 29.6 Å². The van der Waals surface area contributed by atoms with E-state index in [0.29, 0.717) is 0 Å². The first-order valence-electron chi connectivity index (χ1n) is 11.0. The Balaban J connectivity index is 1.89. The summed E-state index contributed by atoms with van der Waals surface area (Å²) in [5, 5.41) is 1.17. The van der Waals surface area contributed by atoms with Gasteiger partial charge in [0.05, 0.1) is 0 Å². The molecule has 0 aliphatic heterocycles. The minimum Gasteiger partial charge on any atom is -0.149 e. The number of aromatic nitrogens is 1. The Morgan fingerprint density at radius 1 is 0.455 bits per heavy atom. The normalized spacial score (nSPS) is 13.6. The fourth-order valence-electron chi connectivity index (χ4n) is 3.72. The van der Waals surface area contributed by atoms with Crippen LogP contribution in [0, 0.1) is 6.21 Å². The zero-order valence-electron chi connectivity index (χ0n) is 18.2. The van der Waals surface area contributed by atoms with Crippen molar-refractivity contribution in [1.29, 1.82) is 0 Å². The van der Waals surface area contributed by atoms with Crippen molar-refractivity contribution < 1.29 is 4.24 Å². The molecule has 0 N–H and O–H groups in total. The summed E-state index contributed by atoms with van der Waals surface area (Å²) in [5.74, 6) is 0. The van der Waals surface area contributed by atoms with Crippen molar-refractivity contribution in [1.82, 2.24) is 0 Å². The van der Waals surface area contributed by atoms with E-state index in [1.807, 2.05) is 0 Å². The topological polar surface area (TPSA) is 5.90 Å². The van der Waals surface area contributed by atoms with Crippen LogP contribution in [0.4, 0.5) is 0 Å². The summed E-state index contributed by atoms with van der Waals surface area (Å²) in [6, 6.07) is 42.1. The monoisotopic (exact) mass is 442 g/mol. The van der Waals surface area contributed by atoms with Crippen LogP contribution in [0.25, 0.3) is 18.2 Å². The number of hydrogen-bond donors (Lipinski definition) is 0. The maximum absolute atomic E-state index is 2.31. The minimum atomic E-state index is 1.16. The van der Waals surface area contributed by atoms with Crippen LogP contribution < -0.4 is 18.8 Å². The average molecular weight is 443 g/mol. The van der Waals surface area contributed by atoms with Crippen molar-refractivity contribution in [2.75, 3.05) is 0 Å². The van der Waals surface area contributed by atoms with Gasteiger partial charge in [0.2, 0.25) is 5.35 Å². The molecule has 0 atom stereocenters. The van der Waals surface area contributed by atoms with Gasteiger partial charge in [-0.05, 0) is 34.9 Å². The van der Waals surface area contributed by atoms with Crippen LogP contribution >= 0.6 is 11.3 Å². The van der Waals surface area contributed by atoms with E-state index in [1.165, 1.54) is 31.2 Å². The molecular formula is C31H24NS+. The highest BCUT2D eigenvalue weighted by molar-refractivity contribution is 7.07. The van der Waals surface area contributed by atoms with E-state index >= 15 is 0 Å². The van der Waals surface area contributed by atoms with Crippen LogP contribution in [-0.4, -0.2) is 0 Å². The van der Waals surface area contributed by atoms with Gasteiger partial charge in [-0.1, -0.05) is 121 Å². The van der Waals surface area contributed by atoms with Gasteiger partial charge in [-0.2, -0.15) is 0 Å². The molecule has 0 saturated carbocycles. The second-order valence-corrected chi connectivity index (χ2v) is 8.83. The lowest BCUT2D eigenvalue weighted by Crippen LogP contribution is -2.49. The van der Waals surface area contributed by atoms with Crippen molar-refractivity contribution in [3.63, 3.8) is 0 Å². The Labute approximate surface area is 197 Å². The molecule has 0 aliphatic rings. The molecule has 1 aromatic heterocycles. The van der Waals surface area contributed by atoms with Crippen LogP contribution in [0.2, 0.25) is 0 Å². The molecule has 5 rings (SSSR count). The van der Waals surface area contributed by atoms with Crippen LogP contribution in [0.5, 0.6) is 0 Å². The summed E-state index contributed by atoms with van der Waals surface area (Å²) in [5.41, 5.74) is 4.72. The molecular weight excluding hydrogens is 418 g/mol. The second-order valence-electron chi connectivity index (χ2n) is 7.76. The maximum Gasteiger partial charge on any atom is 0.268 e. The molecule has 5 aromatic rings. The van der Waals surface area contributed by atoms with Gasteiger partial charge in [0.1, 0.15) is 4.53 Å². The van der Waals surface area contributed by atoms with Crippen molar-refractivity contribution in [2.45, 2.75) is 0 Å². The largest absolute Gasteiger partial charge is 0.268 e. The Morgan fingerprint density at radius 3 is 1.39 bits per heavy atom. The van der Waals surface area contributed by atoms with E-state index in [4.69, 9.17) is 0 Å². The molecule has 33 heavy (non-hydrogen) atoms. The molecule has 1 heterocycles. The molecule has 2 heteroatoms. The quantitative estimate of drug-likeness (QED) is 0.360. The van der Waals surface area contributed by atoms with Crippen LogP contribution in [0.1, 0.15) is 22.3 Å². The minimum absolute atomic E-state index is 1.16. The highest BCUT2D eigenvalue weighted by Crippen LogP contribution is 2.01. The van der Waals surface area contributed by atoms with Gasteiger partial charge < -0.3 is 0 Å². The lowest BCUT2D eigenvalue weighted by molar-refractivity contribution is -0.531. The van der Waals surface area contributed by atoms with E-state index in [9.17, 15) is 0 Å². The Morgan fingerprint density at radius 2 is 0.879 bits per heavy atom. The fraction of sp³-hybridized carbons (Fsp3) is 0. The molecule has 158 valence electrons. The molecule has 0 bridgehead atoms. The highest BCUT2D eigenvalue weighted by atomic mass is 32.1. The number of benzene rings is 4. The number of hydrogen-bond acceptors (Lipinski definition) is 1. The van der Waals surface area contributed by atoms with Gasteiger partial charge in [0.15, 0.2) is 6.21 Å². The number of rotatable bonds is 4. The van der Waals surface area contributed by atoms with Gasteiger partial charge in [-0.25, -0.2) is 0 Å². The standard InChI is InChI=1S/C31H24NS/c1-5-13-25(14-6-1)21-29-30(22-26-15-7-2-8-16-26)33-31(23-27-17-9-3-10-18-27)32(29)24-28-19-11-4-12-20-28/h1-24H/q+1. The molecule has 0 spiro atoms. The summed E-state index contributed by atoms with van der Waals surface area (Å²) >= 11 is 1.80. The van der Waals surface area contributed by atoms with Crippen LogP contribution in [-0.2, 0) is 0 Å². The molecule has 0 amide bonds. The van der Waals surface area contributed by atoms with Gasteiger partial charge >= 0.3 is 0 Å². The first-order chi connectivity index (χ1) is 16.3. The van der Waals surface area contributed by atoms with E-state index in [-0.39, 0.29) is 0 Å². The van der Waals surface area contributed by atoms with Gasteiger partial charge in [0.25, 0.3) is 4.66 Å². The third-order valence-corrected chi connectivity index (χ3v) is 6.40. The predicted molar refractivity (Wildman–Crippen MR) is 139 cm³/mol. The lowest BCUT2D eigenvalue weighted by atomic mass is 10.2. The van der Waals surface area contributed by atoms with Crippen molar-refractivity contribution in [2.24, 2.45) is 0 Å². The molecule has 0 aliphatic carbocycles. The van der Waals surface area contributed by atoms with Gasteiger partial charge in [0, 0.05) is 17.7 Å². The van der Waals surface area contributed by atoms with E-state index in [2.05, 4.69) is 150 Å².